The number of rotatable bonds is 5. The summed E-state index contributed by atoms with van der Waals surface area (Å²) >= 11 is 7.08. The van der Waals surface area contributed by atoms with Crippen molar-refractivity contribution >= 4 is 35.0 Å². The Morgan fingerprint density at radius 2 is 1.90 bits per heavy atom. The van der Waals surface area contributed by atoms with E-state index in [-0.39, 0.29) is 12.1 Å². The summed E-state index contributed by atoms with van der Waals surface area (Å²) < 4.78 is 0. The van der Waals surface area contributed by atoms with E-state index in [1.807, 2.05) is 0 Å². The molecule has 21 heavy (non-hydrogen) atoms. The zero-order chi connectivity index (χ0) is 15.4. The quantitative estimate of drug-likeness (QED) is 0.663. The van der Waals surface area contributed by atoms with Gasteiger partial charge >= 0.3 is 5.97 Å². The van der Waals surface area contributed by atoms with Gasteiger partial charge in [-0.2, -0.15) is 0 Å². The van der Waals surface area contributed by atoms with E-state index in [9.17, 15) is 14.9 Å². The van der Waals surface area contributed by atoms with Crippen molar-refractivity contribution < 1.29 is 14.8 Å². The number of nitro benzene ring substituents is 1. The molecule has 0 aliphatic carbocycles. The van der Waals surface area contributed by atoms with Crippen molar-refractivity contribution in [2.45, 2.75) is 16.2 Å². The zero-order valence-corrected chi connectivity index (χ0v) is 12.2. The van der Waals surface area contributed by atoms with Gasteiger partial charge in [0.2, 0.25) is 0 Å². The number of non-ortho nitro benzene ring substituents is 1. The molecule has 2 aromatic rings. The summed E-state index contributed by atoms with van der Waals surface area (Å²) in [5, 5.41) is 20.3. The molecule has 0 radical (unpaired) electrons. The Morgan fingerprint density at radius 3 is 2.48 bits per heavy atom. The molecule has 0 saturated heterocycles. The smallest absolute Gasteiger partial charge is 0.307 e. The summed E-state index contributed by atoms with van der Waals surface area (Å²) in [5.41, 5.74) is 0.466. The van der Waals surface area contributed by atoms with Crippen LogP contribution in [0.1, 0.15) is 5.56 Å². The lowest BCUT2D eigenvalue weighted by atomic mass is 10.1. The van der Waals surface area contributed by atoms with Gasteiger partial charge in [0.05, 0.1) is 11.3 Å². The van der Waals surface area contributed by atoms with Crippen LogP contribution in [0.2, 0.25) is 5.02 Å². The molecule has 108 valence electrons. The maximum Gasteiger partial charge on any atom is 0.307 e. The highest BCUT2D eigenvalue weighted by atomic mass is 35.5. The predicted octanol–water partition coefficient (Wildman–Crippen LogP) is 4.03. The number of carbonyl (C=O) groups is 1. The lowest BCUT2D eigenvalue weighted by Crippen LogP contribution is -2.02. The first-order valence-electron chi connectivity index (χ1n) is 5.88. The van der Waals surface area contributed by atoms with Crippen LogP contribution in [0.25, 0.3) is 0 Å². The van der Waals surface area contributed by atoms with Gasteiger partial charge in [-0.15, -0.1) is 0 Å². The number of nitrogens with zero attached hydrogens (tertiary/aromatic N) is 1. The fraction of sp³-hybridized carbons (Fsp3) is 0.0714. The van der Waals surface area contributed by atoms with Gasteiger partial charge < -0.3 is 5.11 Å². The lowest BCUT2D eigenvalue weighted by molar-refractivity contribution is -0.385. The number of hydrogen-bond acceptors (Lipinski definition) is 4. The summed E-state index contributed by atoms with van der Waals surface area (Å²) in [6.45, 7) is 0. The first-order chi connectivity index (χ1) is 9.95. The largest absolute Gasteiger partial charge is 0.481 e. The Morgan fingerprint density at radius 1 is 1.24 bits per heavy atom. The average molecular weight is 324 g/mol. The molecule has 5 nitrogen and oxygen atoms in total. The summed E-state index contributed by atoms with van der Waals surface area (Å²) in [5.74, 6) is -0.984. The summed E-state index contributed by atoms with van der Waals surface area (Å²) in [4.78, 5) is 22.6. The molecule has 1 N–H and O–H groups in total. The number of aliphatic carboxylic acids is 1. The van der Waals surface area contributed by atoms with Crippen LogP contribution >= 0.6 is 23.4 Å². The van der Waals surface area contributed by atoms with Crippen LogP contribution in [0.3, 0.4) is 0 Å². The second-order valence-electron chi connectivity index (χ2n) is 4.18. The van der Waals surface area contributed by atoms with Crippen LogP contribution in [0.15, 0.2) is 52.3 Å². The lowest BCUT2D eigenvalue weighted by Gasteiger charge is -2.07. The van der Waals surface area contributed by atoms with E-state index in [4.69, 9.17) is 16.7 Å². The van der Waals surface area contributed by atoms with Crippen LogP contribution in [0.5, 0.6) is 0 Å². The van der Waals surface area contributed by atoms with E-state index in [0.717, 1.165) is 4.90 Å². The van der Waals surface area contributed by atoms with E-state index in [1.54, 1.807) is 24.3 Å². The van der Waals surface area contributed by atoms with E-state index < -0.39 is 10.9 Å². The molecule has 0 spiro atoms. The normalized spacial score (nSPS) is 10.3. The van der Waals surface area contributed by atoms with Gasteiger partial charge in [-0.3, -0.25) is 14.9 Å². The highest BCUT2D eigenvalue weighted by Gasteiger charge is 2.14. The van der Waals surface area contributed by atoms with Crippen LogP contribution < -0.4 is 0 Å². The Kier molecular flexibility index (Phi) is 4.82. The van der Waals surface area contributed by atoms with Crippen molar-refractivity contribution in [3.8, 4) is 0 Å². The molecule has 0 amide bonds. The molecule has 2 aromatic carbocycles. The topological polar surface area (TPSA) is 80.4 Å². The molecular formula is C14H10ClNO4S. The fourth-order valence-electron chi connectivity index (χ4n) is 1.69. The highest BCUT2D eigenvalue weighted by molar-refractivity contribution is 7.99. The zero-order valence-electron chi connectivity index (χ0n) is 10.7. The van der Waals surface area contributed by atoms with E-state index in [2.05, 4.69) is 0 Å². The summed E-state index contributed by atoms with van der Waals surface area (Å²) in [6, 6.07) is 11.1. The molecule has 0 atom stereocenters. The minimum absolute atomic E-state index is 0.0689. The molecule has 0 fully saturated rings. The van der Waals surface area contributed by atoms with Crippen LogP contribution in [-0.4, -0.2) is 16.0 Å². The second kappa shape index (κ2) is 6.60. The van der Waals surface area contributed by atoms with E-state index in [0.29, 0.717) is 15.5 Å². The van der Waals surface area contributed by atoms with Crippen molar-refractivity contribution in [1.82, 2.24) is 0 Å². The van der Waals surface area contributed by atoms with E-state index in [1.165, 1.54) is 30.0 Å². The molecule has 0 bridgehead atoms. The average Bonchev–Trinajstić information content (AvgIpc) is 2.42. The predicted molar refractivity (Wildman–Crippen MR) is 80.0 cm³/mol. The van der Waals surface area contributed by atoms with Gasteiger partial charge in [0.1, 0.15) is 0 Å². The number of hydrogen-bond donors (Lipinski definition) is 1. The molecule has 0 unspecified atom stereocenters. The third-order valence-electron chi connectivity index (χ3n) is 2.64. The van der Waals surface area contributed by atoms with Gasteiger partial charge in [-0.05, 0) is 29.8 Å². The highest BCUT2D eigenvalue weighted by Crippen LogP contribution is 2.34. The maximum absolute atomic E-state index is 10.9. The molecule has 0 heterocycles. The summed E-state index contributed by atoms with van der Waals surface area (Å²) in [7, 11) is 0. The monoisotopic (exact) mass is 323 g/mol. The molecule has 7 heteroatoms. The number of halogens is 1. The molecule has 0 aliphatic rings. The summed E-state index contributed by atoms with van der Waals surface area (Å²) in [6.07, 6.45) is -0.187. The Balaban J connectivity index is 2.37. The van der Waals surface area contributed by atoms with Crippen LogP contribution in [0, 0.1) is 10.1 Å². The third-order valence-corrected chi connectivity index (χ3v) is 4.00. The number of carboxylic acids is 1. The Hall–Kier alpha value is -2.05. The fourth-order valence-corrected chi connectivity index (χ4v) is 2.79. The maximum atomic E-state index is 10.9. The van der Waals surface area contributed by atoms with Gasteiger partial charge in [0, 0.05) is 26.9 Å². The second-order valence-corrected chi connectivity index (χ2v) is 5.73. The van der Waals surface area contributed by atoms with Gasteiger partial charge in [0.25, 0.3) is 5.69 Å². The molecule has 0 saturated carbocycles. The van der Waals surface area contributed by atoms with Crippen LogP contribution in [-0.2, 0) is 11.2 Å². The minimum Gasteiger partial charge on any atom is -0.481 e. The third kappa shape index (κ3) is 4.21. The number of carboxylic acid groups (broad SMARTS) is 1. The molecular weight excluding hydrogens is 314 g/mol. The van der Waals surface area contributed by atoms with Crippen molar-refractivity contribution in [1.29, 1.82) is 0 Å². The minimum atomic E-state index is -0.984. The van der Waals surface area contributed by atoms with Crippen molar-refractivity contribution in [3.63, 3.8) is 0 Å². The van der Waals surface area contributed by atoms with Gasteiger partial charge in [0.15, 0.2) is 0 Å². The number of nitro groups is 1. The first-order valence-corrected chi connectivity index (χ1v) is 7.07. The SMILES string of the molecule is O=C(O)Cc1ccc([N+](=O)[O-])cc1Sc1ccc(Cl)cc1. The Labute approximate surface area is 129 Å². The molecule has 0 aliphatic heterocycles. The molecule has 0 aromatic heterocycles. The standard InChI is InChI=1S/C14H10ClNO4S/c15-10-2-5-12(6-3-10)21-13-8-11(16(19)20)4-1-9(13)7-14(17)18/h1-6,8H,7H2,(H,17,18). The van der Waals surface area contributed by atoms with Crippen LogP contribution in [0.4, 0.5) is 5.69 Å². The van der Waals surface area contributed by atoms with Gasteiger partial charge in [-0.25, -0.2) is 0 Å². The number of benzene rings is 2. The van der Waals surface area contributed by atoms with Crippen molar-refractivity contribution in [2.24, 2.45) is 0 Å². The molecule has 2 rings (SSSR count). The Bertz CT molecular complexity index is 688. The van der Waals surface area contributed by atoms with Crippen molar-refractivity contribution in [3.05, 3.63) is 63.2 Å². The van der Waals surface area contributed by atoms with E-state index >= 15 is 0 Å². The van der Waals surface area contributed by atoms with Crippen molar-refractivity contribution in [2.75, 3.05) is 0 Å². The van der Waals surface area contributed by atoms with Gasteiger partial charge in [-0.1, -0.05) is 29.4 Å². The first kappa shape index (κ1) is 15.3.